The third kappa shape index (κ3) is 1.43. The molecule has 0 spiro atoms. The van der Waals surface area contributed by atoms with Crippen LogP contribution in [-0.4, -0.2) is 9.97 Å². The molecule has 13 heavy (non-hydrogen) atoms. The minimum absolute atomic E-state index is 0.781. The maximum atomic E-state index is 4.36. The molecule has 0 aliphatic carbocycles. The second kappa shape index (κ2) is 2.98. The summed E-state index contributed by atoms with van der Waals surface area (Å²) in [6.07, 6.45) is 1.75. The Balaban J connectivity index is 2.69. The maximum Gasteiger partial charge on any atom is 0.159 e. The number of aromatic nitrogens is 2. The van der Waals surface area contributed by atoms with Gasteiger partial charge >= 0.3 is 0 Å². The van der Waals surface area contributed by atoms with Crippen molar-refractivity contribution in [3.8, 4) is 0 Å². The van der Waals surface area contributed by atoms with E-state index < -0.39 is 0 Å². The highest BCUT2D eigenvalue weighted by molar-refractivity contribution is 5.76. The van der Waals surface area contributed by atoms with Gasteiger partial charge in [-0.2, -0.15) is 0 Å². The monoisotopic (exact) mass is 170 g/mol. The van der Waals surface area contributed by atoms with Crippen molar-refractivity contribution in [1.29, 1.82) is 0 Å². The van der Waals surface area contributed by atoms with E-state index in [2.05, 4.69) is 16.5 Å². The SMILES string of the molecule is C=C(C)c1ccc2cccnc2n1. The topological polar surface area (TPSA) is 25.8 Å². The lowest BCUT2D eigenvalue weighted by atomic mass is 10.2. The van der Waals surface area contributed by atoms with Crippen molar-refractivity contribution in [3.63, 3.8) is 0 Å². The first-order valence-electron chi connectivity index (χ1n) is 4.15. The Hall–Kier alpha value is -1.70. The summed E-state index contributed by atoms with van der Waals surface area (Å²) in [4.78, 5) is 8.54. The average molecular weight is 170 g/mol. The fraction of sp³-hybridized carbons (Fsp3) is 0.0909. The molecule has 2 heterocycles. The van der Waals surface area contributed by atoms with Crippen LogP contribution in [0.3, 0.4) is 0 Å². The van der Waals surface area contributed by atoms with Crippen LogP contribution >= 0.6 is 0 Å². The second-order valence-electron chi connectivity index (χ2n) is 3.03. The normalized spacial score (nSPS) is 10.2. The zero-order chi connectivity index (χ0) is 9.26. The first kappa shape index (κ1) is 7.92. The molecule has 0 aliphatic rings. The van der Waals surface area contributed by atoms with Crippen molar-refractivity contribution in [2.75, 3.05) is 0 Å². The summed E-state index contributed by atoms with van der Waals surface area (Å²) in [5.41, 5.74) is 2.65. The number of allylic oxidation sites excluding steroid dienone is 1. The van der Waals surface area contributed by atoms with Crippen molar-refractivity contribution in [1.82, 2.24) is 9.97 Å². The molecule has 0 N–H and O–H groups in total. The zero-order valence-electron chi connectivity index (χ0n) is 7.49. The third-order valence-corrected chi connectivity index (χ3v) is 1.90. The van der Waals surface area contributed by atoms with Crippen molar-refractivity contribution < 1.29 is 0 Å². The van der Waals surface area contributed by atoms with E-state index in [0.29, 0.717) is 0 Å². The molecule has 2 nitrogen and oxygen atoms in total. The zero-order valence-corrected chi connectivity index (χ0v) is 7.49. The van der Waals surface area contributed by atoms with Crippen molar-refractivity contribution >= 4 is 16.6 Å². The van der Waals surface area contributed by atoms with E-state index in [-0.39, 0.29) is 0 Å². The smallest absolute Gasteiger partial charge is 0.159 e. The second-order valence-corrected chi connectivity index (χ2v) is 3.03. The number of hydrogen-bond donors (Lipinski definition) is 0. The van der Waals surface area contributed by atoms with Gasteiger partial charge in [-0.25, -0.2) is 9.97 Å². The molecule has 0 bridgehead atoms. The molecule has 2 rings (SSSR count). The minimum Gasteiger partial charge on any atom is -0.237 e. The molecule has 0 aromatic carbocycles. The van der Waals surface area contributed by atoms with Crippen LogP contribution < -0.4 is 0 Å². The van der Waals surface area contributed by atoms with Gasteiger partial charge in [-0.05, 0) is 36.8 Å². The van der Waals surface area contributed by atoms with E-state index in [0.717, 1.165) is 22.3 Å². The summed E-state index contributed by atoms with van der Waals surface area (Å²) in [6.45, 7) is 5.78. The summed E-state index contributed by atoms with van der Waals surface area (Å²) in [6, 6.07) is 7.88. The van der Waals surface area contributed by atoms with Crippen molar-refractivity contribution in [2.24, 2.45) is 0 Å². The van der Waals surface area contributed by atoms with Gasteiger partial charge in [0.05, 0.1) is 5.69 Å². The standard InChI is InChI=1S/C11H10N2/c1-8(2)10-6-5-9-4-3-7-12-11(9)13-10/h3-7H,1H2,2H3. The molecule has 0 atom stereocenters. The van der Waals surface area contributed by atoms with Gasteiger partial charge in [0.15, 0.2) is 5.65 Å². The Morgan fingerprint density at radius 2 is 2.15 bits per heavy atom. The van der Waals surface area contributed by atoms with Gasteiger partial charge in [0, 0.05) is 11.6 Å². The van der Waals surface area contributed by atoms with E-state index in [1.54, 1.807) is 6.20 Å². The van der Waals surface area contributed by atoms with Crippen LogP contribution in [0.1, 0.15) is 12.6 Å². The molecule has 0 saturated carbocycles. The average Bonchev–Trinajstić information content (AvgIpc) is 2.17. The van der Waals surface area contributed by atoms with E-state index in [4.69, 9.17) is 0 Å². The molecular weight excluding hydrogens is 160 g/mol. The molecule has 2 aromatic rings. The number of rotatable bonds is 1. The van der Waals surface area contributed by atoms with Gasteiger partial charge < -0.3 is 0 Å². The Morgan fingerprint density at radius 3 is 2.92 bits per heavy atom. The molecule has 0 fully saturated rings. The van der Waals surface area contributed by atoms with Crippen LogP contribution in [0.25, 0.3) is 16.6 Å². The Bertz CT molecular complexity index is 460. The highest BCUT2D eigenvalue weighted by Crippen LogP contribution is 2.13. The number of nitrogens with zero attached hydrogens (tertiary/aromatic N) is 2. The minimum atomic E-state index is 0.781. The number of hydrogen-bond acceptors (Lipinski definition) is 2. The largest absolute Gasteiger partial charge is 0.237 e. The maximum absolute atomic E-state index is 4.36. The van der Waals surface area contributed by atoms with Gasteiger partial charge in [0.2, 0.25) is 0 Å². The van der Waals surface area contributed by atoms with Crippen LogP contribution in [0.2, 0.25) is 0 Å². The van der Waals surface area contributed by atoms with E-state index in [1.165, 1.54) is 0 Å². The quantitative estimate of drug-likeness (QED) is 0.657. The highest BCUT2D eigenvalue weighted by Gasteiger charge is 1.97. The molecule has 64 valence electrons. The fourth-order valence-corrected chi connectivity index (χ4v) is 1.19. The fourth-order valence-electron chi connectivity index (χ4n) is 1.19. The van der Waals surface area contributed by atoms with Crippen LogP contribution in [0, 0.1) is 0 Å². The van der Waals surface area contributed by atoms with Crippen LogP contribution in [0.5, 0.6) is 0 Å². The van der Waals surface area contributed by atoms with Gasteiger partial charge in [-0.3, -0.25) is 0 Å². The van der Waals surface area contributed by atoms with Gasteiger partial charge in [0.1, 0.15) is 0 Å². The lowest BCUT2D eigenvalue weighted by Gasteiger charge is -1.99. The molecule has 0 radical (unpaired) electrons. The van der Waals surface area contributed by atoms with Crippen LogP contribution in [0.15, 0.2) is 37.0 Å². The molecule has 2 heteroatoms. The first-order chi connectivity index (χ1) is 6.27. The third-order valence-electron chi connectivity index (χ3n) is 1.90. The predicted molar refractivity (Wildman–Crippen MR) is 54.2 cm³/mol. The Morgan fingerprint density at radius 1 is 1.31 bits per heavy atom. The summed E-state index contributed by atoms with van der Waals surface area (Å²) in [5.74, 6) is 0. The van der Waals surface area contributed by atoms with E-state index in [1.807, 2.05) is 31.2 Å². The van der Waals surface area contributed by atoms with Crippen molar-refractivity contribution in [3.05, 3.63) is 42.7 Å². The molecule has 0 unspecified atom stereocenters. The predicted octanol–water partition coefficient (Wildman–Crippen LogP) is 2.66. The summed E-state index contributed by atoms with van der Waals surface area (Å²) < 4.78 is 0. The molecular formula is C11H10N2. The lowest BCUT2D eigenvalue weighted by Crippen LogP contribution is -1.88. The van der Waals surface area contributed by atoms with Crippen LogP contribution in [-0.2, 0) is 0 Å². The molecule has 0 aliphatic heterocycles. The lowest BCUT2D eigenvalue weighted by molar-refractivity contribution is 1.25. The van der Waals surface area contributed by atoms with Crippen LogP contribution in [0.4, 0.5) is 0 Å². The summed E-state index contributed by atoms with van der Waals surface area (Å²) >= 11 is 0. The Kier molecular flexibility index (Phi) is 1.81. The number of pyridine rings is 2. The van der Waals surface area contributed by atoms with Gasteiger partial charge in [0.25, 0.3) is 0 Å². The van der Waals surface area contributed by atoms with E-state index >= 15 is 0 Å². The van der Waals surface area contributed by atoms with Crippen molar-refractivity contribution in [2.45, 2.75) is 6.92 Å². The first-order valence-corrected chi connectivity index (χ1v) is 4.15. The molecule has 2 aromatic heterocycles. The summed E-state index contributed by atoms with van der Waals surface area (Å²) in [7, 11) is 0. The van der Waals surface area contributed by atoms with Gasteiger partial charge in [-0.1, -0.05) is 6.58 Å². The molecule has 0 saturated heterocycles. The van der Waals surface area contributed by atoms with Gasteiger partial charge in [-0.15, -0.1) is 0 Å². The number of fused-ring (bicyclic) bond motifs is 1. The van der Waals surface area contributed by atoms with E-state index in [9.17, 15) is 0 Å². The highest BCUT2D eigenvalue weighted by atomic mass is 14.8. The summed E-state index contributed by atoms with van der Waals surface area (Å²) in [5, 5.41) is 1.06. The Labute approximate surface area is 77.0 Å². The molecule has 0 amide bonds.